The highest BCUT2D eigenvalue weighted by Gasteiger charge is 2.19. The van der Waals surface area contributed by atoms with Crippen molar-refractivity contribution in [1.29, 1.82) is 0 Å². The van der Waals surface area contributed by atoms with E-state index in [1.165, 1.54) is 0 Å². The maximum absolute atomic E-state index is 9.76. The quantitative estimate of drug-likeness (QED) is 0.646. The van der Waals surface area contributed by atoms with Crippen LogP contribution in [-0.2, 0) is 0 Å². The Kier molecular flexibility index (Phi) is 9.12. The van der Waals surface area contributed by atoms with E-state index >= 15 is 0 Å². The minimum absolute atomic E-state index is 0. The molecule has 4 heteroatoms. The van der Waals surface area contributed by atoms with Gasteiger partial charge in [-0.05, 0) is 48.9 Å². The fraction of sp³-hybridized carbons (Fsp3) is 0.500. The molecule has 0 bridgehead atoms. The molecule has 1 aliphatic carbocycles. The van der Waals surface area contributed by atoms with Crippen LogP contribution >= 0.6 is 12.4 Å². The second-order valence-corrected chi connectivity index (χ2v) is 6.49. The molecule has 24 heavy (non-hydrogen) atoms. The number of hydrogen-bond acceptors (Lipinski definition) is 3. The van der Waals surface area contributed by atoms with Crippen molar-refractivity contribution in [3.63, 3.8) is 0 Å². The summed E-state index contributed by atoms with van der Waals surface area (Å²) in [6.07, 6.45) is 11.4. The summed E-state index contributed by atoms with van der Waals surface area (Å²) in [5.74, 6) is 0.853. The molecule has 1 aliphatic rings. The summed E-state index contributed by atoms with van der Waals surface area (Å²) < 4.78 is 5.72. The third kappa shape index (κ3) is 6.68. The number of hydrogen-bond donors (Lipinski definition) is 2. The lowest BCUT2D eigenvalue weighted by Crippen LogP contribution is -2.27. The van der Waals surface area contributed by atoms with Crippen LogP contribution in [0.2, 0.25) is 0 Å². The van der Waals surface area contributed by atoms with E-state index in [0.29, 0.717) is 12.0 Å². The highest BCUT2D eigenvalue weighted by Crippen LogP contribution is 2.30. The first kappa shape index (κ1) is 20.8. The second-order valence-electron chi connectivity index (χ2n) is 6.49. The van der Waals surface area contributed by atoms with Crippen molar-refractivity contribution < 1.29 is 9.84 Å². The molecule has 0 heterocycles. The zero-order valence-corrected chi connectivity index (χ0v) is 15.5. The van der Waals surface area contributed by atoms with Gasteiger partial charge in [0.25, 0.3) is 0 Å². The molecule has 3 nitrogen and oxygen atoms in total. The number of benzene rings is 1. The minimum Gasteiger partial charge on any atom is -0.492 e. The largest absolute Gasteiger partial charge is 0.492 e. The molecule has 134 valence electrons. The number of halogens is 1. The molecule has 2 rings (SSSR count). The fourth-order valence-corrected chi connectivity index (χ4v) is 2.72. The molecule has 0 fully saturated rings. The van der Waals surface area contributed by atoms with Crippen molar-refractivity contribution >= 4 is 12.4 Å². The van der Waals surface area contributed by atoms with E-state index in [1.54, 1.807) is 0 Å². The Hall–Kier alpha value is -1.29. The van der Waals surface area contributed by atoms with Crippen LogP contribution < -0.4 is 10.1 Å². The Morgan fingerprint density at radius 3 is 2.58 bits per heavy atom. The topological polar surface area (TPSA) is 41.5 Å². The van der Waals surface area contributed by atoms with E-state index in [-0.39, 0.29) is 18.5 Å². The molecule has 0 aliphatic heterocycles. The average molecular weight is 352 g/mol. The van der Waals surface area contributed by atoms with Crippen LogP contribution in [-0.4, -0.2) is 24.8 Å². The summed E-state index contributed by atoms with van der Waals surface area (Å²) in [6.45, 7) is 6.77. The molecule has 0 radical (unpaired) electrons. The Morgan fingerprint density at radius 2 is 1.96 bits per heavy atom. The summed E-state index contributed by atoms with van der Waals surface area (Å²) in [7, 11) is 0. The summed E-state index contributed by atoms with van der Waals surface area (Å²) in [5, 5.41) is 13.2. The summed E-state index contributed by atoms with van der Waals surface area (Å²) in [6, 6.07) is 7.71. The maximum Gasteiger partial charge on any atom is 0.119 e. The molecule has 2 N–H and O–H groups in total. The van der Waals surface area contributed by atoms with Gasteiger partial charge in [0.1, 0.15) is 12.4 Å². The normalized spacial score (nSPS) is 20.5. The fourth-order valence-electron chi connectivity index (χ4n) is 2.72. The Morgan fingerprint density at radius 1 is 1.21 bits per heavy atom. The molecule has 2 unspecified atom stereocenters. The molecular formula is C20H30ClNO2. The van der Waals surface area contributed by atoms with Gasteiger partial charge in [-0.3, -0.25) is 0 Å². The lowest BCUT2D eigenvalue weighted by Gasteiger charge is -2.26. The van der Waals surface area contributed by atoms with Crippen LogP contribution in [0.25, 0.3) is 0 Å². The SMILES string of the molecule is CCC(O)c1ccc(OCCNCCC2(C)C=CC=CC2)cc1.Cl. The minimum atomic E-state index is -0.379. The molecule has 0 saturated carbocycles. The van der Waals surface area contributed by atoms with Crippen molar-refractivity contribution in [2.24, 2.45) is 5.41 Å². The van der Waals surface area contributed by atoms with Gasteiger partial charge in [-0.2, -0.15) is 0 Å². The Bertz CT molecular complexity index is 527. The van der Waals surface area contributed by atoms with E-state index in [9.17, 15) is 5.11 Å². The number of rotatable bonds is 9. The maximum atomic E-state index is 9.76. The van der Waals surface area contributed by atoms with Gasteiger partial charge in [0.2, 0.25) is 0 Å². The van der Waals surface area contributed by atoms with Gasteiger partial charge in [0.15, 0.2) is 0 Å². The highest BCUT2D eigenvalue weighted by molar-refractivity contribution is 5.85. The predicted molar refractivity (Wildman–Crippen MR) is 103 cm³/mol. The van der Waals surface area contributed by atoms with Crippen molar-refractivity contribution in [2.45, 2.75) is 39.2 Å². The zero-order chi connectivity index (χ0) is 16.5. The van der Waals surface area contributed by atoms with Gasteiger partial charge in [-0.15, -0.1) is 12.4 Å². The summed E-state index contributed by atoms with van der Waals surface area (Å²) in [5.41, 5.74) is 1.24. The van der Waals surface area contributed by atoms with Crippen molar-refractivity contribution in [3.8, 4) is 5.75 Å². The third-order valence-electron chi connectivity index (χ3n) is 4.40. The van der Waals surface area contributed by atoms with E-state index in [1.807, 2.05) is 31.2 Å². The molecule has 2 atom stereocenters. The Balaban J connectivity index is 0.00000288. The molecule has 0 saturated heterocycles. The molecule has 1 aromatic rings. The second kappa shape index (κ2) is 10.5. The van der Waals surface area contributed by atoms with Crippen LogP contribution in [0.15, 0.2) is 48.6 Å². The van der Waals surface area contributed by atoms with E-state index in [2.05, 4.69) is 36.5 Å². The number of aliphatic hydroxyl groups excluding tert-OH is 1. The van der Waals surface area contributed by atoms with E-state index < -0.39 is 0 Å². The lowest BCUT2D eigenvalue weighted by atomic mass is 9.81. The van der Waals surface area contributed by atoms with Gasteiger partial charge in [-0.25, -0.2) is 0 Å². The molecule has 0 spiro atoms. The van der Waals surface area contributed by atoms with Crippen molar-refractivity contribution in [2.75, 3.05) is 19.7 Å². The van der Waals surface area contributed by atoms with Crippen molar-refractivity contribution in [1.82, 2.24) is 5.32 Å². The molecule has 0 aromatic heterocycles. The molecular weight excluding hydrogens is 322 g/mol. The summed E-state index contributed by atoms with van der Waals surface area (Å²) in [4.78, 5) is 0. The zero-order valence-electron chi connectivity index (χ0n) is 14.7. The van der Waals surface area contributed by atoms with Crippen LogP contribution in [0, 0.1) is 5.41 Å². The molecule has 0 amide bonds. The van der Waals surface area contributed by atoms with E-state index in [0.717, 1.165) is 43.7 Å². The first-order chi connectivity index (χ1) is 11.1. The Labute approximate surface area is 152 Å². The monoisotopic (exact) mass is 351 g/mol. The van der Waals surface area contributed by atoms with E-state index in [4.69, 9.17) is 4.74 Å². The van der Waals surface area contributed by atoms with Gasteiger partial charge >= 0.3 is 0 Å². The highest BCUT2D eigenvalue weighted by atomic mass is 35.5. The van der Waals surface area contributed by atoms with Gasteiger partial charge < -0.3 is 15.2 Å². The third-order valence-corrected chi connectivity index (χ3v) is 4.40. The number of aliphatic hydroxyl groups is 1. The average Bonchev–Trinajstić information content (AvgIpc) is 2.58. The van der Waals surface area contributed by atoms with Crippen LogP contribution in [0.1, 0.15) is 44.8 Å². The van der Waals surface area contributed by atoms with Crippen LogP contribution in [0.3, 0.4) is 0 Å². The van der Waals surface area contributed by atoms with Crippen LogP contribution in [0.4, 0.5) is 0 Å². The van der Waals surface area contributed by atoms with Gasteiger partial charge in [-0.1, -0.05) is 50.3 Å². The first-order valence-electron chi connectivity index (χ1n) is 8.59. The van der Waals surface area contributed by atoms with Gasteiger partial charge in [0.05, 0.1) is 6.10 Å². The number of allylic oxidation sites excluding steroid dienone is 4. The number of ether oxygens (including phenoxy) is 1. The van der Waals surface area contributed by atoms with Crippen molar-refractivity contribution in [3.05, 3.63) is 54.1 Å². The smallest absolute Gasteiger partial charge is 0.119 e. The lowest BCUT2D eigenvalue weighted by molar-refractivity contribution is 0.173. The van der Waals surface area contributed by atoms with Crippen LogP contribution in [0.5, 0.6) is 5.75 Å². The van der Waals surface area contributed by atoms with Gasteiger partial charge in [0, 0.05) is 6.54 Å². The predicted octanol–water partition coefficient (Wildman–Crippen LogP) is 4.43. The molecule has 1 aromatic carbocycles. The standard InChI is InChI=1S/C20H29NO2.ClH/c1-3-19(22)17-7-9-18(10-8-17)23-16-15-21-14-13-20(2)11-5-4-6-12-20;/h4-11,19,21-22H,3,12-16H2,1-2H3;1H. The first-order valence-corrected chi connectivity index (χ1v) is 8.59. The number of nitrogens with one attached hydrogen (secondary N) is 1. The summed E-state index contributed by atoms with van der Waals surface area (Å²) >= 11 is 0.